The minimum Gasteiger partial charge on any atom is -0.444 e. The molecule has 0 aromatic heterocycles. The maximum absolute atomic E-state index is 12.5. The first-order chi connectivity index (χ1) is 10.1. The molecule has 2 rings (SSSR count). The lowest BCUT2D eigenvalue weighted by Gasteiger charge is -2.52. The van der Waals surface area contributed by atoms with Gasteiger partial charge in [0.2, 0.25) is 5.91 Å². The normalized spacial score (nSPS) is 25.0. The van der Waals surface area contributed by atoms with E-state index in [1.807, 2.05) is 0 Å². The zero-order valence-corrected chi connectivity index (χ0v) is 14.7. The lowest BCUT2D eigenvalue weighted by molar-refractivity contribution is -0.168. The van der Waals surface area contributed by atoms with Gasteiger partial charge in [0.15, 0.2) is 0 Å². The highest BCUT2D eigenvalue weighted by molar-refractivity contribution is 7.59. The molecule has 1 spiro atoms. The summed E-state index contributed by atoms with van der Waals surface area (Å²) in [5, 5.41) is 9.21. The van der Waals surface area contributed by atoms with Crippen molar-refractivity contribution in [3.63, 3.8) is 0 Å². The van der Waals surface area contributed by atoms with E-state index in [2.05, 4.69) is 0 Å². The van der Waals surface area contributed by atoms with Crippen LogP contribution in [0.1, 0.15) is 33.6 Å². The Kier molecular flexibility index (Phi) is 5.58. The van der Waals surface area contributed by atoms with Gasteiger partial charge in [0.1, 0.15) is 17.2 Å². The highest BCUT2D eigenvalue weighted by Gasteiger charge is 2.62. The molecule has 3 amide bonds. The summed E-state index contributed by atoms with van der Waals surface area (Å²) >= 11 is 0. The molecule has 8 nitrogen and oxygen atoms in total. The van der Waals surface area contributed by atoms with Crippen LogP contribution >= 0.6 is 13.5 Å². The number of hydrogen-bond donors (Lipinski definition) is 2. The fourth-order valence-electron chi connectivity index (χ4n) is 3.04. The van der Waals surface area contributed by atoms with E-state index in [4.69, 9.17) is 10.5 Å². The molecule has 2 aliphatic heterocycles. The summed E-state index contributed by atoms with van der Waals surface area (Å²) < 4.78 is 5.35. The summed E-state index contributed by atoms with van der Waals surface area (Å²) in [5.74, 6) is -1.11. The Bertz CT molecular complexity index is 507. The quantitative estimate of drug-likeness (QED) is 0.672. The molecule has 2 aliphatic rings. The highest BCUT2D eigenvalue weighted by atomic mass is 32.1. The molecule has 9 heteroatoms. The second-order valence-corrected chi connectivity index (χ2v) is 6.80. The number of ether oxygens (including phenoxy) is 1. The van der Waals surface area contributed by atoms with Crippen LogP contribution in [0, 0.1) is 0 Å². The number of β-lactam (4-membered cyclic amide) rings is 1. The maximum Gasteiger partial charge on any atom is 0.411 e. The summed E-state index contributed by atoms with van der Waals surface area (Å²) in [4.78, 5) is 38.8. The average Bonchev–Trinajstić information content (AvgIpc) is 2.83. The first kappa shape index (κ1) is 19.6. The third-order valence-electron chi connectivity index (χ3n) is 4.07. The second-order valence-electron chi connectivity index (χ2n) is 6.80. The minimum atomic E-state index is -1.04. The van der Waals surface area contributed by atoms with E-state index in [0.717, 1.165) is 0 Å². The van der Waals surface area contributed by atoms with Crippen molar-refractivity contribution in [1.82, 2.24) is 9.80 Å². The molecule has 2 atom stereocenters. The second kappa shape index (κ2) is 6.56. The third-order valence-corrected chi connectivity index (χ3v) is 4.07. The van der Waals surface area contributed by atoms with E-state index < -0.39 is 35.8 Å². The molecule has 0 aromatic carbocycles. The number of hydrogen-bond acceptors (Lipinski definition) is 5. The van der Waals surface area contributed by atoms with Crippen LogP contribution < -0.4 is 5.73 Å². The molecule has 0 saturated carbocycles. The van der Waals surface area contributed by atoms with Gasteiger partial charge in [-0.1, -0.05) is 0 Å². The van der Waals surface area contributed by atoms with E-state index in [1.165, 1.54) is 9.80 Å². The number of aliphatic hydroxyl groups excluding tert-OH is 1. The Morgan fingerprint density at radius 1 is 1.43 bits per heavy atom. The van der Waals surface area contributed by atoms with Crippen molar-refractivity contribution in [3.05, 3.63) is 0 Å². The van der Waals surface area contributed by atoms with Gasteiger partial charge in [-0.3, -0.25) is 14.5 Å². The lowest BCUT2D eigenvalue weighted by Crippen LogP contribution is -2.76. The molecule has 2 fully saturated rings. The van der Waals surface area contributed by atoms with Gasteiger partial charge in [0, 0.05) is 6.54 Å². The zero-order chi connectivity index (χ0) is 16.7. The highest BCUT2D eigenvalue weighted by Crippen LogP contribution is 2.40. The van der Waals surface area contributed by atoms with E-state index in [1.54, 1.807) is 20.8 Å². The smallest absolute Gasteiger partial charge is 0.411 e. The van der Waals surface area contributed by atoms with Crippen molar-refractivity contribution in [2.45, 2.75) is 50.8 Å². The molecule has 0 aliphatic carbocycles. The van der Waals surface area contributed by atoms with Gasteiger partial charge in [0.25, 0.3) is 5.91 Å². The van der Waals surface area contributed by atoms with Gasteiger partial charge >= 0.3 is 6.09 Å². The summed E-state index contributed by atoms with van der Waals surface area (Å²) in [7, 11) is 0. The zero-order valence-electron chi connectivity index (χ0n) is 13.7. The fraction of sp³-hybridized carbons (Fsp3) is 0.786. The fourth-order valence-corrected chi connectivity index (χ4v) is 3.04. The molecule has 0 bridgehead atoms. The van der Waals surface area contributed by atoms with Crippen LogP contribution in [0.4, 0.5) is 4.79 Å². The predicted octanol–water partition coefficient (Wildman–Crippen LogP) is -0.443. The molecule has 23 heavy (non-hydrogen) atoms. The number of nitrogens with two attached hydrogens (primary N) is 1. The van der Waals surface area contributed by atoms with Crippen LogP contribution in [-0.2, 0) is 14.3 Å². The van der Waals surface area contributed by atoms with Crippen molar-refractivity contribution >= 4 is 31.4 Å². The van der Waals surface area contributed by atoms with Gasteiger partial charge in [-0.25, -0.2) is 4.79 Å². The number of aliphatic hydroxyl groups is 1. The number of carbonyl (C=O) groups is 3. The van der Waals surface area contributed by atoms with Crippen molar-refractivity contribution in [2.75, 3.05) is 19.7 Å². The molecule has 0 aromatic rings. The number of carbonyl (C=O) groups excluding carboxylic acids is 3. The van der Waals surface area contributed by atoms with Crippen LogP contribution in [0.3, 0.4) is 0 Å². The van der Waals surface area contributed by atoms with E-state index in [9.17, 15) is 19.5 Å². The van der Waals surface area contributed by atoms with E-state index in [-0.39, 0.29) is 25.9 Å². The summed E-state index contributed by atoms with van der Waals surface area (Å²) in [6.07, 6.45) is 0.690. The first-order valence-corrected chi connectivity index (χ1v) is 7.34. The number of rotatable bonds is 3. The van der Waals surface area contributed by atoms with Gasteiger partial charge in [-0.15, -0.1) is 0 Å². The Hall–Kier alpha value is -1.48. The van der Waals surface area contributed by atoms with Crippen LogP contribution in [0.5, 0.6) is 0 Å². The molecule has 0 radical (unpaired) electrons. The first-order valence-electron chi connectivity index (χ1n) is 7.34. The maximum atomic E-state index is 12.5. The summed E-state index contributed by atoms with van der Waals surface area (Å²) in [6.45, 7) is 5.39. The molecule has 2 heterocycles. The van der Waals surface area contributed by atoms with Gasteiger partial charge in [-0.2, -0.15) is 13.5 Å². The molecule has 2 saturated heterocycles. The Morgan fingerprint density at radius 3 is 2.48 bits per heavy atom. The number of nitrogens with zero attached hydrogens (tertiary/aromatic N) is 2. The average molecular weight is 347 g/mol. The molecular weight excluding hydrogens is 322 g/mol. The molecule has 1 unspecified atom stereocenters. The Morgan fingerprint density at radius 2 is 2.04 bits per heavy atom. The Labute approximate surface area is 142 Å². The third kappa shape index (κ3) is 3.40. The van der Waals surface area contributed by atoms with Crippen molar-refractivity contribution in [2.24, 2.45) is 5.73 Å². The topological polar surface area (TPSA) is 113 Å². The monoisotopic (exact) mass is 347 g/mol. The van der Waals surface area contributed by atoms with Gasteiger partial charge < -0.3 is 20.5 Å². The Balaban J connectivity index is 0.00000264. The SMILES string of the molecule is CC(C)(C)OC(=O)N1CCCC12CN([C@@H](CO)C(N)=O)C2=O.S. The molecular formula is C14H25N3O5S. The van der Waals surface area contributed by atoms with Gasteiger partial charge in [0.05, 0.1) is 13.2 Å². The number of likely N-dealkylation sites (tertiary alicyclic amines) is 2. The van der Waals surface area contributed by atoms with Crippen molar-refractivity contribution in [3.8, 4) is 0 Å². The van der Waals surface area contributed by atoms with Gasteiger partial charge in [-0.05, 0) is 33.6 Å². The lowest BCUT2D eigenvalue weighted by atomic mass is 9.84. The van der Waals surface area contributed by atoms with Crippen molar-refractivity contribution < 1.29 is 24.2 Å². The van der Waals surface area contributed by atoms with Crippen LogP contribution in [0.2, 0.25) is 0 Å². The van der Waals surface area contributed by atoms with Crippen LogP contribution in [0.25, 0.3) is 0 Å². The van der Waals surface area contributed by atoms with Crippen LogP contribution in [-0.4, -0.2) is 69.7 Å². The van der Waals surface area contributed by atoms with E-state index >= 15 is 0 Å². The minimum absolute atomic E-state index is 0. The summed E-state index contributed by atoms with van der Waals surface area (Å²) in [6, 6.07) is -1.04. The van der Waals surface area contributed by atoms with E-state index in [0.29, 0.717) is 19.4 Å². The number of amides is 3. The molecule has 132 valence electrons. The summed E-state index contributed by atoms with van der Waals surface area (Å²) in [5.41, 5.74) is 3.59. The predicted molar refractivity (Wildman–Crippen MR) is 87.1 cm³/mol. The largest absolute Gasteiger partial charge is 0.444 e. The molecule has 3 N–H and O–H groups in total. The number of primary amides is 1. The standard InChI is InChI=1S/C14H23N3O5.H2S/c1-13(2,3)22-12(21)17-6-4-5-14(17)8-16(11(14)20)9(7-18)10(15)19;/h9,18H,4-8H2,1-3H3,(H2,15,19);1H2/t9-,14?;/m0./s1. The van der Waals surface area contributed by atoms with Crippen molar-refractivity contribution in [1.29, 1.82) is 0 Å². The van der Waals surface area contributed by atoms with Crippen LogP contribution in [0.15, 0.2) is 0 Å².